The van der Waals surface area contributed by atoms with Gasteiger partial charge in [-0.15, -0.1) is 11.3 Å². The number of H-pyrrole nitrogens is 2. The molecule has 0 radical (unpaired) electrons. The van der Waals surface area contributed by atoms with Crippen LogP contribution in [0.25, 0.3) is 0 Å². The number of anilines is 2. The van der Waals surface area contributed by atoms with Crippen LogP contribution in [0.1, 0.15) is 70.5 Å². The zero-order chi connectivity index (χ0) is 46.4. The smallest absolute Gasteiger partial charge is 0.253 e. The monoisotopic (exact) mass is 938 g/mol. The van der Waals surface area contributed by atoms with Gasteiger partial charge in [-0.3, -0.25) is 0 Å². The van der Waals surface area contributed by atoms with Crippen molar-refractivity contribution in [2.75, 3.05) is 29.1 Å². The van der Waals surface area contributed by atoms with E-state index in [1.54, 1.807) is 63.0 Å². The number of nitriles is 2. The summed E-state index contributed by atoms with van der Waals surface area (Å²) in [6.07, 6.45) is 8.24. The van der Waals surface area contributed by atoms with Crippen LogP contribution in [0.4, 0.5) is 11.4 Å². The summed E-state index contributed by atoms with van der Waals surface area (Å²) < 4.78 is 57.3. The van der Waals surface area contributed by atoms with Crippen molar-refractivity contribution in [3.8, 4) is 12.1 Å². The molecule has 7 aromatic rings. The first-order valence-electron chi connectivity index (χ1n) is 21.5. The maximum Gasteiger partial charge on any atom is 0.253 e. The van der Waals surface area contributed by atoms with Crippen molar-refractivity contribution >= 4 is 42.8 Å². The lowest BCUT2D eigenvalue weighted by Gasteiger charge is -2.35. The van der Waals surface area contributed by atoms with Gasteiger partial charge in [0.2, 0.25) is 10.0 Å². The first-order chi connectivity index (χ1) is 31.8. The summed E-state index contributed by atoms with van der Waals surface area (Å²) in [5.74, 6) is -0.0975. The summed E-state index contributed by atoms with van der Waals surface area (Å²) >= 11 is 1.22. The fraction of sp³-hybridized carbons (Fsp3) is 0.265. The van der Waals surface area contributed by atoms with Gasteiger partial charge in [-0.1, -0.05) is 80.6 Å². The van der Waals surface area contributed by atoms with E-state index in [9.17, 15) is 27.4 Å². The van der Waals surface area contributed by atoms with E-state index in [1.165, 1.54) is 17.6 Å². The molecule has 2 aliphatic rings. The molecule has 17 heteroatoms. The van der Waals surface area contributed by atoms with Crippen LogP contribution in [0, 0.1) is 22.7 Å². The van der Waals surface area contributed by atoms with Gasteiger partial charge in [0.1, 0.15) is 4.21 Å². The number of aromatic amines is 2. The Balaban J connectivity index is 0.000000181. The zero-order valence-electron chi connectivity index (χ0n) is 36.8. The summed E-state index contributed by atoms with van der Waals surface area (Å²) in [7, 11) is -7.27. The number of nitrogens with one attached hydrogen (secondary N) is 2. The molecular weight excluding hydrogens is 889 g/mol. The lowest BCUT2D eigenvalue weighted by Crippen LogP contribution is -2.47. The van der Waals surface area contributed by atoms with Crippen LogP contribution < -0.4 is 9.80 Å². The molecule has 4 atom stereocenters. The first-order valence-corrected chi connectivity index (χ1v) is 25.6. The highest BCUT2D eigenvalue weighted by atomic mass is 32.2. The minimum Gasteiger partial charge on any atom is -0.364 e. The number of benzene rings is 4. The molecule has 0 aliphatic carbocycles. The number of imidazole rings is 2. The molecule has 14 nitrogen and oxygen atoms in total. The van der Waals surface area contributed by atoms with Crippen LogP contribution in [0.3, 0.4) is 0 Å². The Bertz CT molecular complexity index is 3030. The van der Waals surface area contributed by atoms with E-state index in [-0.39, 0.29) is 37.0 Å². The van der Waals surface area contributed by atoms with Gasteiger partial charge in [0.25, 0.3) is 10.0 Å². The molecule has 5 heterocycles. The van der Waals surface area contributed by atoms with E-state index in [1.807, 2.05) is 85.2 Å². The number of aromatic nitrogens is 4. The predicted octanol–water partition coefficient (Wildman–Crippen LogP) is 7.96. The van der Waals surface area contributed by atoms with Crippen molar-refractivity contribution in [1.82, 2.24) is 28.5 Å². The van der Waals surface area contributed by atoms with Crippen LogP contribution in [-0.4, -0.2) is 76.8 Å². The van der Waals surface area contributed by atoms with Crippen molar-refractivity contribution in [2.45, 2.75) is 68.2 Å². The van der Waals surface area contributed by atoms with Gasteiger partial charge in [-0.05, 0) is 81.9 Å². The van der Waals surface area contributed by atoms with Crippen LogP contribution in [-0.2, 0) is 46.2 Å². The number of rotatable bonds is 11. The number of thiophene rings is 1. The van der Waals surface area contributed by atoms with Crippen LogP contribution in [0.2, 0.25) is 0 Å². The molecule has 2 N–H and O–H groups in total. The van der Waals surface area contributed by atoms with Crippen molar-refractivity contribution in [3.05, 3.63) is 184 Å². The summed E-state index contributed by atoms with van der Waals surface area (Å²) in [6.45, 7) is 6.61. The average Bonchev–Trinajstić information content (AvgIpc) is 4.14. The van der Waals surface area contributed by atoms with Crippen LogP contribution in [0.5, 0.6) is 0 Å². The maximum absolute atomic E-state index is 14.0. The number of hydrogen-bond acceptors (Lipinski definition) is 11. The van der Waals surface area contributed by atoms with Gasteiger partial charge >= 0.3 is 0 Å². The first kappa shape index (κ1) is 45.9. The standard InChI is InChI=1S/C26H25N5O2S2.C23H25N5O2S/c1-19(21-6-3-2-4-7-21)25-17-30(16-23-14-28-18-29-23)24-10-9-20(13-27)12-22(24)15-31(25)35(32,33)26-8-5-11-34-26;1-17(19-6-4-3-5-7-19)23-15-27(14-21-12-25-16-26-21)22-9-8-18(11-24)10-20(22)13-28(23)31(2,29)30/h2-12,14,18-19,25H,15-17H2,1H3,(H,28,29);3-10,12,16-17,23H,13-15H2,1-2H3,(H,25,26)/t19-,25-;17-,23+/m00/s1. The number of fused-ring (bicyclic) bond motifs is 2. The third kappa shape index (κ3) is 10.1. The lowest BCUT2D eigenvalue weighted by molar-refractivity contribution is 0.288. The molecule has 0 spiro atoms. The van der Waals surface area contributed by atoms with E-state index in [0.29, 0.717) is 41.5 Å². The minimum absolute atomic E-state index is 0.0256. The normalized spacial score (nSPS) is 17.7. The molecule has 0 fully saturated rings. The largest absolute Gasteiger partial charge is 0.364 e. The molecule has 0 bridgehead atoms. The Morgan fingerprint density at radius 1 is 0.667 bits per heavy atom. The maximum atomic E-state index is 14.0. The summed E-state index contributed by atoms with van der Waals surface area (Å²) in [6, 6.07) is 38.2. The quantitative estimate of drug-likeness (QED) is 0.129. The third-order valence-electron chi connectivity index (χ3n) is 12.4. The Labute approximate surface area is 390 Å². The molecule has 338 valence electrons. The van der Waals surface area contributed by atoms with Gasteiger partial charge in [-0.25, -0.2) is 26.8 Å². The van der Waals surface area contributed by atoms with E-state index >= 15 is 0 Å². The summed E-state index contributed by atoms with van der Waals surface area (Å²) in [5, 5.41) is 20.7. The molecule has 9 rings (SSSR count). The second-order valence-corrected chi connectivity index (χ2v) is 21.6. The molecule has 0 saturated carbocycles. The fourth-order valence-electron chi connectivity index (χ4n) is 8.95. The Hall–Kier alpha value is -6.60. The van der Waals surface area contributed by atoms with E-state index in [4.69, 9.17) is 0 Å². The van der Waals surface area contributed by atoms with Crippen molar-refractivity contribution in [3.63, 3.8) is 0 Å². The Morgan fingerprint density at radius 3 is 1.55 bits per heavy atom. The number of hydrogen-bond donors (Lipinski definition) is 2. The van der Waals surface area contributed by atoms with Crippen molar-refractivity contribution in [2.24, 2.45) is 0 Å². The molecule has 0 unspecified atom stereocenters. The van der Waals surface area contributed by atoms with Gasteiger partial charge in [0.15, 0.2) is 0 Å². The molecular formula is C49H50N10O4S3. The second kappa shape index (κ2) is 19.9. The number of sulfonamides is 2. The average molecular weight is 939 g/mol. The van der Waals surface area contributed by atoms with Gasteiger partial charge in [0.05, 0.1) is 66.7 Å². The highest BCUT2D eigenvalue weighted by molar-refractivity contribution is 7.91. The minimum atomic E-state index is -3.77. The van der Waals surface area contributed by atoms with Gasteiger partial charge < -0.3 is 19.8 Å². The molecule has 3 aromatic heterocycles. The predicted molar refractivity (Wildman–Crippen MR) is 256 cm³/mol. The number of nitrogens with zero attached hydrogens (tertiary/aromatic N) is 8. The molecule has 66 heavy (non-hydrogen) atoms. The van der Waals surface area contributed by atoms with Gasteiger partial charge in [-0.2, -0.15) is 19.1 Å². The van der Waals surface area contributed by atoms with E-state index in [2.05, 4.69) is 55.7 Å². The Kier molecular flexibility index (Phi) is 13.8. The summed E-state index contributed by atoms with van der Waals surface area (Å²) in [4.78, 5) is 19.1. The zero-order valence-corrected chi connectivity index (χ0v) is 39.2. The van der Waals surface area contributed by atoms with E-state index in [0.717, 1.165) is 45.0 Å². The SMILES string of the molecule is C[C@@H](c1ccccc1)[C@@H]1CN(Cc2c[nH]cn2)c2ccc(C#N)cc2CN1S(=O)(=O)c1cccs1.C[C@@H](c1ccccc1)[C@H]1CN(Cc2c[nH]cn2)c2ccc(C#N)cc2CN1S(C)(=O)=O. The fourth-order valence-corrected chi connectivity index (χ4v) is 12.9. The highest BCUT2D eigenvalue weighted by Crippen LogP contribution is 2.39. The Morgan fingerprint density at radius 2 is 1.14 bits per heavy atom. The van der Waals surface area contributed by atoms with Gasteiger partial charge in [0, 0.05) is 62.0 Å². The van der Waals surface area contributed by atoms with Crippen molar-refractivity contribution in [1.29, 1.82) is 10.5 Å². The summed E-state index contributed by atoms with van der Waals surface area (Å²) in [5.41, 5.74) is 8.39. The van der Waals surface area contributed by atoms with Crippen molar-refractivity contribution < 1.29 is 16.8 Å². The van der Waals surface area contributed by atoms with Crippen LogP contribution >= 0.6 is 11.3 Å². The molecule has 2 aliphatic heterocycles. The lowest BCUT2D eigenvalue weighted by atomic mass is 9.93. The molecule has 4 aromatic carbocycles. The molecule has 0 saturated heterocycles. The van der Waals surface area contributed by atoms with Crippen LogP contribution in [0.15, 0.2) is 144 Å². The highest BCUT2D eigenvalue weighted by Gasteiger charge is 2.41. The topological polar surface area (TPSA) is 186 Å². The molecule has 0 amide bonds. The van der Waals surface area contributed by atoms with E-state index < -0.39 is 20.0 Å². The second-order valence-electron chi connectivity index (χ2n) is 16.6. The third-order valence-corrected chi connectivity index (χ3v) is 16.9.